The maximum Gasteiger partial charge on any atom is 0.0639 e. The highest BCUT2D eigenvalue weighted by molar-refractivity contribution is 7.96. The Morgan fingerprint density at radius 3 is 0.0857 bits per heavy atom. The minimum atomic E-state index is -0.417. The molecule has 1110 valence electrons. The molecule has 0 aliphatic rings. The Morgan fingerprint density at radius 1 is 0.0857 bits per heavy atom. The maximum absolute atomic E-state index is 10.3. The molecular weight excluding hydrogens is 1750 g/mol. The molecule has 0 N–H and O–H groups in total. The summed E-state index contributed by atoms with van der Waals surface area (Å²) in [5.41, 5.74) is 0. The molecule has 0 bridgehead atoms. The van der Waals surface area contributed by atoms with E-state index >= 15 is 0 Å². The van der Waals surface area contributed by atoms with Crippen LogP contribution in [0, 0.1) is 0 Å². The highest BCUT2D eigenvalue weighted by Crippen LogP contribution is 1.97. The minimum Gasteiger partial charge on any atom is -0.231 e. The van der Waals surface area contributed by atoms with Crippen molar-refractivity contribution < 1.29 is 4.20 Å². The van der Waals surface area contributed by atoms with Gasteiger partial charge in [0.25, 0.3) is 0 Å². The summed E-state index contributed by atoms with van der Waals surface area (Å²) in [6.45, 7) is 3.40. The van der Waals surface area contributed by atoms with Crippen LogP contribution in [0.4, 0.5) is 4.20 Å². The number of hydrogen-bond acceptors (Lipinski definition) is 1. The van der Waals surface area contributed by atoms with Crippen molar-refractivity contribution in [2.45, 2.75) is 995 Å². The van der Waals surface area contributed by atoms with Crippen molar-refractivity contribution in [2.24, 2.45) is 0 Å². The summed E-state index contributed by atoms with van der Waals surface area (Å²) in [4.78, 5) is 0. The average Bonchev–Trinajstić information content (AvgIpc) is 1.39. The summed E-state index contributed by atoms with van der Waals surface area (Å²) in [5.74, 6) is 0. The van der Waals surface area contributed by atoms with Gasteiger partial charge in [0.2, 0.25) is 0 Å². The van der Waals surface area contributed by atoms with Crippen molar-refractivity contribution in [3.8, 4) is 0 Å². The molecule has 140 heavy (non-hydrogen) atoms. The summed E-state index contributed by atoms with van der Waals surface area (Å²) >= 11 is 4.37. The molecule has 0 saturated carbocycles. The predicted octanol–water partition coefficient (Wildman–Crippen LogP) is 87.4. The maximum atomic E-state index is 10.3. The van der Waals surface area contributed by atoms with Crippen molar-refractivity contribution in [3.63, 3.8) is 0 Å². The molecule has 0 saturated heterocycles. The zero-order valence-corrected chi connectivity index (χ0v) is 6.44. The summed E-state index contributed by atoms with van der Waals surface area (Å²) in [7, 11) is 0.583. The molecular formula is C136H543FP2S. The minimum absolute atomic E-state index is 0. The second kappa shape index (κ2) is 325000. The van der Waals surface area contributed by atoms with Gasteiger partial charge in [-0.15, -0.1) is 0 Å². The Bertz CT molecular complexity index is 46.2. The normalized spacial score (nSPS) is 0.364. The number of hydrogen-bond donors (Lipinski definition) is 0. The Morgan fingerprint density at radius 2 is 0.0857 bits per heavy atom. The van der Waals surface area contributed by atoms with Gasteiger partial charge in [-0.3, -0.25) is 0 Å². The van der Waals surface area contributed by atoms with E-state index in [4.69, 9.17) is 0 Å². The Hall–Kier alpha value is 0.880. The van der Waals surface area contributed by atoms with Crippen LogP contribution in [0.3, 0.4) is 0 Å². The quantitative estimate of drug-likeness (QED) is 0.218. The van der Waals surface area contributed by atoms with Gasteiger partial charge in [-0.05, 0) is 20.7 Å². The van der Waals surface area contributed by atoms with Crippen LogP contribution in [0.1, 0.15) is 995 Å². The van der Waals surface area contributed by atoms with Gasteiger partial charge in [0, 0.05) is 0 Å². The van der Waals surface area contributed by atoms with E-state index in [1.807, 2.05) is 6.66 Å². The third kappa shape index (κ3) is 3410000. The van der Waals surface area contributed by atoms with Crippen LogP contribution in [0.25, 0.3) is 0 Å². The van der Waals surface area contributed by atoms with E-state index < -0.39 is 8.89 Å². The van der Waals surface area contributed by atoms with Crippen molar-refractivity contribution in [3.05, 3.63) is 0 Å². The lowest BCUT2D eigenvalue weighted by atomic mass is 12.0. The van der Waals surface area contributed by atoms with Crippen molar-refractivity contribution in [2.75, 3.05) is 13.3 Å². The predicted molar refractivity (Wildman–Crippen MR) is 938 cm³/mol. The standard InChI is InChI=1S/CH4FP.CH3PS.134CH4/c1-3-2;1-2-3;;;;;;;;;;;;;;;;;;;;;;;;;;;;;;;;;;;;;;;;;;;;;;;;;;;;;;;;;;;;;;;;;;;;;;;;;;;;;;;;;;;;;;;;;;;;;;;;;;;;;;;;;;;;;;;;;;;;;;;;;;;;;;;;;;;;;;/h3H,1H3;1H3;134*1H4. The lowest BCUT2D eigenvalue weighted by molar-refractivity contribution is 0.925. The molecule has 0 aliphatic heterocycles. The van der Waals surface area contributed by atoms with Crippen molar-refractivity contribution >= 4 is 28.1 Å². The lowest BCUT2D eigenvalue weighted by Gasteiger charge is -1.45. The molecule has 0 heterocycles. The van der Waals surface area contributed by atoms with Gasteiger partial charge < -0.3 is 0 Å². The first-order chi connectivity index (χ1) is 2.83. The van der Waals surface area contributed by atoms with Crippen LogP contribution in [0.2, 0.25) is 0 Å². The molecule has 0 spiro atoms. The molecule has 1 atom stereocenters. The summed E-state index contributed by atoms with van der Waals surface area (Å²) in [5, 5.41) is 0. The molecule has 0 aromatic carbocycles. The fourth-order valence-corrected chi connectivity index (χ4v) is 0. The second-order valence-electron chi connectivity index (χ2n) is 0.372. The van der Waals surface area contributed by atoms with Crippen LogP contribution in [-0.4, -0.2) is 13.3 Å². The van der Waals surface area contributed by atoms with Crippen LogP contribution in [0.15, 0.2) is 0 Å². The SMILES string of the molecule is C.C.C.C.C.C.C.C.C.C.C.C.C.C.C.C.C.C.C.C.C.C.C.C.C.C.C.C.C.C.C.C.C.C.C.C.C.C.C.C.C.C.C.C.C.C.C.C.C.C.C.C.C.C.C.C.C.C.C.C.C.C.C.C.C.C.C.C.C.C.C.C.C.C.C.C.C.C.C.C.C.C.C.C.C.C.C.C.C.C.C.C.C.C.C.C.C.C.C.C.C.C.C.C.C.C.C.C.C.C.C.C.C.C.C.C.C.C.C.C.C.C.C.C.C.C.C.C.C.C.C.C.C.C.CP=S.CPF. The fraction of sp³-hybridized carbons (Fsp3) is 1.00. The molecule has 4 heteroatoms. The van der Waals surface area contributed by atoms with Crippen molar-refractivity contribution in [1.82, 2.24) is 0 Å². The molecule has 0 aliphatic carbocycles. The zero-order valence-electron chi connectivity index (χ0n) is 3.73. The molecule has 0 aromatic heterocycles. The topological polar surface area (TPSA) is 0 Å². The van der Waals surface area contributed by atoms with Gasteiger partial charge in [0.05, 0.1) is 8.89 Å². The third-order valence-electron chi connectivity index (χ3n) is 0. The number of rotatable bonds is 0. The second-order valence-corrected chi connectivity index (χ2v) is 2.21. The van der Waals surface area contributed by atoms with Gasteiger partial charge >= 0.3 is 0 Å². The smallest absolute Gasteiger partial charge is 0.0639 e. The average molecular weight is 2290 g/mol. The highest BCUT2D eigenvalue weighted by atomic mass is 32.4. The monoisotopic (exact) mass is 2290 g/mol. The molecule has 0 fully saturated rings. The van der Waals surface area contributed by atoms with Gasteiger partial charge in [0.15, 0.2) is 0 Å². The van der Waals surface area contributed by atoms with E-state index in [2.05, 4.69) is 11.8 Å². The molecule has 0 amide bonds. The Kier molecular flexibility index (Phi) is 269000000. The largest absolute Gasteiger partial charge is 0.231 e. The van der Waals surface area contributed by atoms with Crippen LogP contribution >= 0.6 is 16.2 Å². The Balaban J connectivity index is -0.00000000000872. The first-order valence-corrected chi connectivity index (χ1v) is 5.05. The fourth-order valence-electron chi connectivity index (χ4n) is 0. The summed E-state index contributed by atoms with van der Waals surface area (Å²) in [6, 6.07) is 0. The zero-order chi connectivity index (χ0) is 5.41. The molecule has 0 aromatic rings. The van der Waals surface area contributed by atoms with Crippen LogP contribution in [0.5, 0.6) is 0 Å². The third-order valence-corrected chi connectivity index (χ3v) is 0. The molecule has 0 radical (unpaired) electrons. The molecule has 0 rings (SSSR count). The van der Waals surface area contributed by atoms with Gasteiger partial charge in [-0.1, -0.05) is 1010 Å². The van der Waals surface area contributed by atoms with Crippen molar-refractivity contribution in [1.29, 1.82) is 0 Å². The Labute approximate surface area is 1030 Å². The van der Waals surface area contributed by atoms with E-state index in [-0.39, 0.29) is 995 Å². The first kappa shape index (κ1) is 116000. The van der Waals surface area contributed by atoms with Gasteiger partial charge in [0.1, 0.15) is 0 Å². The molecule has 1 unspecified atom stereocenters. The molecule has 0 nitrogen and oxygen atoms in total. The van der Waals surface area contributed by atoms with Gasteiger partial charge in [-0.2, -0.15) is 0 Å². The summed E-state index contributed by atoms with van der Waals surface area (Å²) < 4.78 is 10.3. The van der Waals surface area contributed by atoms with E-state index in [9.17, 15) is 4.20 Å². The van der Waals surface area contributed by atoms with Crippen LogP contribution in [-0.2, 0) is 11.8 Å². The van der Waals surface area contributed by atoms with E-state index in [1.165, 1.54) is 6.66 Å². The lowest BCUT2D eigenvalue weighted by Crippen LogP contribution is -1.03. The van der Waals surface area contributed by atoms with Crippen LogP contribution < -0.4 is 0 Å². The van der Waals surface area contributed by atoms with Gasteiger partial charge in [-0.25, -0.2) is 4.20 Å². The van der Waals surface area contributed by atoms with E-state index in [0.29, 0.717) is 0 Å². The summed E-state index contributed by atoms with van der Waals surface area (Å²) in [6.07, 6.45) is 0. The van der Waals surface area contributed by atoms with E-state index in [1.54, 1.807) is 0 Å². The number of halogens is 1. The van der Waals surface area contributed by atoms with E-state index in [0.717, 1.165) is 7.36 Å². The first-order valence-electron chi connectivity index (χ1n) is 1.32. The highest BCUT2D eigenvalue weighted by Gasteiger charge is 1.39.